The van der Waals surface area contributed by atoms with Gasteiger partial charge >= 0.3 is 6.03 Å². The lowest BCUT2D eigenvalue weighted by Crippen LogP contribution is -2.48. The first-order valence-corrected chi connectivity index (χ1v) is 10.3. The number of hydrogen-bond acceptors (Lipinski definition) is 3. The van der Waals surface area contributed by atoms with E-state index >= 15 is 0 Å². The molecule has 0 aliphatic rings. The highest BCUT2D eigenvalue weighted by atomic mass is 35.5. The number of carbonyl (C=O) groups is 2. The number of halogens is 1. The van der Waals surface area contributed by atoms with Crippen LogP contribution in [-0.4, -0.2) is 21.5 Å². The summed E-state index contributed by atoms with van der Waals surface area (Å²) in [6.45, 7) is 8.79. The van der Waals surface area contributed by atoms with Gasteiger partial charge in [0.15, 0.2) is 0 Å². The molecule has 3 aromatic rings. The summed E-state index contributed by atoms with van der Waals surface area (Å²) in [7, 11) is 0. The van der Waals surface area contributed by atoms with Gasteiger partial charge < -0.3 is 9.88 Å². The summed E-state index contributed by atoms with van der Waals surface area (Å²) >= 11 is 5.95. The Bertz CT molecular complexity index is 1060. The fourth-order valence-corrected chi connectivity index (χ4v) is 3.58. The minimum atomic E-state index is -0.496. The maximum absolute atomic E-state index is 12.5. The number of nitrogens with zero attached hydrogens (tertiary/aromatic N) is 2. The maximum Gasteiger partial charge on any atom is 0.333 e. The zero-order valence-corrected chi connectivity index (χ0v) is 18.2. The molecule has 7 nitrogen and oxygen atoms in total. The standard InChI is InChI=1S/C22H26ClN5O2/c1-5-28-14(4)24-18-12-16(8-11-19(18)28)21(29)26-27-22(30)25-20(13(2)3)15-6-9-17(23)10-7-15/h6-13,20H,5H2,1-4H3,(H,26,29)(H2,25,27,30). The van der Waals surface area contributed by atoms with Crippen LogP contribution < -0.4 is 16.2 Å². The third kappa shape index (κ3) is 4.74. The topological polar surface area (TPSA) is 88.1 Å². The third-order valence-electron chi connectivity index (χ3n) is 4.99. The summed E-state index contributed by atoms with van der Waals surface area (Å²) in [5.74, 6) is 0.625. The Morgan fingerprint density at radius 1 is 1.10 bits per heavy atom. The molecule has 0 radical (unpaired) electrons. The smallest absolute Gasteiger partial charge is 0.330 e. The molecule has 0 saturated carbocycles. The van der Waals surface area contributed by atoms with Gasteiger partial charge in [-0.25, -0.2) is 15.2 Å². The molecule has 0 fully saturated rings. The van der Waals surface area contributed by atoms with Crippen LogP contribution in [-0.2, 0) is 6.54 Å². The molecule has 3 rings (SSSR count). The van der Waals surface area contributed by atoms with Gasteiger partial charge in [0.05, 0.1) is 17.1 Å². The van der Waals surface area contributed by atoms with Gasteiger partial charge in [0, 0.05) is 17.1 Å². The highest BCUT2D eigenvalue weighted by molar-refractivity contribution is 6.30. The monoisotopic (exact) mass is 427 g/mol. The van der Waals surface area contributed by atoms with E-state index in [1.54, 1.807) is 24.3 Å². The van der Waals surface area contributed by atoms with Crippen molar-refractivity contribution in [1.29, 1.82) is 0 Å². The number of hydrazine groups is 1. The van der Waals surface area contributed by atoms with Gasteiger partial charge in [-0.3, -0.25) is 10.2 Å². The molecule has 8 heteroatoms. The van der Waals surface area contributed by atoms with Crippen molar-refractivity contribution < 1.29 is 9.59 Å². The summed E-state index contributed by atoms with van der Waals surface area (Å²) in [5, 5.41) is 3.52. The molecule has 0 aliphatic heterocycles. The first-order chi connectivity index (χ1) is 14.3. The largest absolute Gasteiger partial charge is 0.333 e. The van der Waals surface area contributed by atoms with Gasteiger partial charge in [0.25, 0.3) is 5.91 Å². The van der Waals surface area contributed by atoms with E-state index in [-0.39, 0.29) is 12.0 Å². The minimum Gasteiger partial charge on any atom is -0.330 e. The van der Waals surface area contributed by atoms with Gasteiger partial charge in [-0.2, -0.15) is 0 Å². The second-order valence-corrected chi connectivity index (χ2v) is 7.87. The van der Waals surface area contributed by atoms with Crippen LogP contribution in [0.4, 0.5) is 4.79 Å². The predicted molar refractivity (Wildman–Crippen MR) is 118 cm³/mol. The second-order valence-electron chi connectivity index (χ2n) is 7.43. The van der Waals surface area contributed by atoms with Crippen LogP contribution in [0.15, 0.2) is 42.5 Å². The van der Waals surface area contributed by atoms with E-state index < -0.39 is 11.9 Å². The van der Waals surface area contributed by atoms with Crippen LogP contribution in [0, 0.1) is 12.8 Å². The van der Waals surface area contributed by atoms with E-state index in [1.165, 1.54) is 0 Å². The van der Waals surface area contributed by atoms with E-state index in [0.29, 0.717) is 10.6 Å². The molecule has 0 spiro atoms. The molecule has 2 aromatic carbocycles. The van der Waals surface area contributed by atoms with Crippen LogP contribution >= 0.6 is 11.6 Å². The normalized spacial score (nSPS) is 12.1. The van der Waals surface area contributed by atoms with Gasteiger partial charge in [0.1, 0.15) is 5.82 Å². The van der Waals surface area contributed by atoms with Crippen LogP contribution in [0.25, 0.3) is 11.0 Å². The molecular formula is C22H26ClN5O2. The highest BCUT2D eigenvalue weighted by Gasteiger charge is 2.19. The van der Waals surface area contributed by atoms with E-state index in [2.05, 4.69) is 25.7 Å². The lowest BCUT2D eigenvalue weighted by molar-refractivity contribution is 0.0935. The molecule has 1 aromatic heterocycles. The number of benzene rings is 2. The van der Waals surface area contributed by atoms with Crippen LogP contribution in [0.5, 0.6) is 0 Å². The summed E-state index contributed by atoms with van der Waals surface area (Å²) < 4.78 is 2.07. The Labute approximate surface area is 180 Å². The number of rotatable bonds is 5. The van der Waals surface area contributed by atoms with Gasteiger partial charge in [-0.15, -0.1) is 0 Å². The number of carbonyl (C=O) groups excluding carboxylic acids is 2. The van der Waals surface area contributed by atoms with Crippen molar-refractivity contribution in [2.45, 2.75) is 40.3 Å². The Kier molecular flexibility index (Phi) is 6.62. The third-order valence-corrected chi connectivity index (χ3v) is 5.24. The number of aromatic nitrogens is 2. The van der Waals surface area contributed by atoms with Crippen LogP contribution in [0.3, 0.4) is 0 Å². The van der Waals surface area contributed by atoms with Gasteiger partial charge in [-0.05, 0) is 55.7 Å². The second kappa shape index (κ2) is 9.17. The van der Waals surface area contributed by atoms with Gasteiger partial charge in [-0.1, -0.05) is 37.6 Å². The highest BCUT2D eigenvalue weighted by Crippen LogP contribution is 2.23. The van der Waals surface area contributed by atoms with Gasteiger partial charge in [0.2, 0.25) is 0 Å². The molecule has 1 unspecified atom stereocenters. The van der Waals surface area contributed by atoms with Crippen molar-refractivity contribution in [2.75, 3.05) is 0 Å². The maximum atomic E-state index is 12.5. The van der Waals surface area contributed by atoms with Crippen molar-refractivity contribution in [3.05, 3.63) is 64.4 Å². The Morgan fingerprint density at radius 3 is 2.43 bits per heavy atom. The fraction of sp³-hybridized carbons (Fsp3) is 0.318. The van der Waals surface area contributed by atoms with E-state index in [0.717, 1.165) is 29.0 Å². The van der Waals surface area contributed by atoms with Crippen LogP contribution in [0.2, 0.25) is 5.02 Å². The number of imidazole rings is 1. The lowest BCUT2D eigenvalue weighted by Gasteiger charge is -2.23. The number of amides is 3. The number of hydrogen-bond donors (Lipinski definition) is 3. The number of urea groups is 1. The molecule has 158 valence electrons. The first kappa shape index (κ1) is 21.6. The Morgan fingerprint density at radius 2 is 1.80 bits per heavy atom. The van der Waals surface area contributed by atoms with Crippen molar-refractivity contribution in [3.63, 3.8) is 0 Å². The number of aryl methyl sites for hydroxylation is 2. The molecule has 0 aliphatic carbocycles. The molecule has 3 N–H and O–H groups in total. The van der Waals surface area contributed by atoms with Crippen molar-refractivity contribution in [2.24, 2.45) is 5.92 Å². The SMILES string of the molecule is CCn1c(C)nc2cc(C(=O)NNC(=O)NC(c3ccc(Cl)cc3)C(C)C)ccc21. The van der Waals surface area contributed by atoms with E-state index in [4.69, 9.17) is 11.6 Å². The molecule has 1 atom stereocenters. The van der Waals surface area contributed by atoms with E-state index in [1.807, 2.05) is 45.9 Å². The molecule has 1 heterocycles. The Balaban J connectivity index is 1.64. The zero-order valence-electron chi connectivity index (χ0n) is 17.5. The van der Waals surface area contributed by atoms with Crippen molar-refractivity contribution >= 4 is 34.6 Å². The molecular weight excluding hydrogens is 402 g/mol. The van der Waals surface area contributed by atoms with Crippen LogP contribution in [0.1, 0.15) is 48.6 Å². The fourth-order valence-electron chi connectivity index (χ4n) is 3.46. The van der Waals surface area contributed by atoms with Crippen molar-refractivity contribution in [1.82, 2.24) is 25.7 Å². The minimum absolute atomic E-state index is 0.145. The predicted octanol–water partition coefficient (Wildman–Crippen LogP) is 4.36. The average molecular weight is 428 g/mol. The number of fused-ring (bicyclic) bond motifs is 1. The summed E-state index contributed by atoms with van der Waals surface area (Å²) in [4.78, 5) is 29.3. The molecule has 3 amide bonds. The molecule has 0 saturated heterocycles. The average Bonchev–Trinajstić information content (AvgIpc) is 3.04. The zero-order chi connectivity index (χ0) is 21.8. The quantitative estimate of drug-likeness (QED) is 0.528. The first-order valence-electron chi connectivity index (χ1n) is 9.89. The Hall–Kier alpha value is -3.06. The molecule has 30 heavy (non-hydrogen) atoms. The lowest BCUT2D eigenvalue weighted by atomic mass is 9.96. The van der Waals surface area contributed by atoms with Crippen molar-refractivity contribution in [3.8, 4) is 0 Å². The summed E-state index contributed by atoms with van der Waals surface area (Å²) in [5.41, 5.74) is 7.94. The summed E-state index contributed by atoms with van der Waals surface area (Å²) in [6, 6.07) is 11.9. The summed E-state index contributed by atoms with van der Waals surface area (Å²) in [6.07, 6.45) is 0. The number of nitrogens with one attached hydrogen (secondary N) is 3. The molecule has 0 bridgehead atoms. The van der Waals surface area contributed by atoms with E-state index in [9.17, 15) is 9.59 Å².